The zero-order chi connectivity index (χ0) is 15.4. The quantitative estimate of drug-likeness (QED) is 0.924. The number of benzene rings is 1. The summed E-state index contributed by atoms with van der Waals surface area (Å²) >= 11 is 0. The maximum Gasteiger partial charge on any atom is 0.217 e. The Balaban J connectivity index is 2.06. The Morgan fingerprint density at radius 2 is 1.95 bits per heavy atom. The fraction of sp³-hybridized carbons (Fsp3) is 0.588. The molecule has 0 aliphatic heterocycles. The number of carbonyl (C=O) groups excluding carboxylic acids is 1. The summed E-state index contributed by atoms with van der Waals surface area (Å²) in [6.45, 7) is 1.57. The first kappa shape index (κ1) is 16.0. The monoisotopic (exact) mass is 292 g/mol. The Morgan fingerprint density at radius 1 is 1.29 bits per heavy atom. The second-order valence-electron chi connectivity index (χ2n) is 6.28. The van der Waals surface area contributed by atoms with Gasteiger partial charge in [-0.1, -0.05) is 12.1 Å². The minimum Gasteiger partial charge on any atom is -0.354 e. The van der Waals surface area contributed by atoms with Crippen molar-refractivity contribution < 1.29 is 9.18 Å². The first-order valence-electron chi connectivity index (χ1n) is 7.66. The lowest BCUT2D eigenvalue weighted by Gasteiger charge is -2.37. The van der Waals surface area contributed by atoms with Crippen LogP contribution >= 0.6 is 0 Å². The molecule has 1 aromatic carbocycles. The number of carbonyl (C=O) groups is 1. The third-order valence-corrected chi connectivity index (χ3v) is 4.37. The summed E-state index contributed by atoms with van der Waals surface area (Å²) in [4.78, 5) is 13.3. The van der Waals surface area contributed by atoms with Crippen LogP contribution in [-0.2, 0) is 4.79 Å². The molecule has 1 fully saturated rings. The van der Waals surface area contributed by atoms with E-state index < -0.39 is 0 Å². The molecule has 116 valence electrons. The summed E-state index contributed by atoms with van der Waals surface area (Å²) in [5.41, 5.74) is 1.04. The van der Waals surface area contributed by atoms with Gasteiger partial charge in [-0.05, 0) is 63.4 Å². The van der Waals surface area contributed by atoms with Crippen molar-refractivity contribution in [2.75, 3.05) is 14.1 Å². The van der Waals surface area contributed by atoms with Gasteiger partial charge in [0.2, 0.25) is 5.91 Å². The minimum absolute atomic E-state index is 0.0488. The van der Waals surface area contributed by atoms with Crippen LogP contribution in [0.1, 0.15) is 44.2 Å². The largest absolute Gasteiger partial charge is 0.354 e. The average Bonchev–Trinajstić information content (AvgIpc) is 2.40. The summed E-state index contributed by atoms with van der Waals surface area (Å²) in [6, 6.07) is 7.46. The zero-order valence-corrected chi connectivity index (χ0v) is 13.1. The Morgan fingerprint density at radius 3 is 2.48 bits per heavy atom. The van der Waals surface area contributed by atoms with E-state index in [1.54, 1.807) is 19.1 Å². The molecule has 1 aromatic rings. The van der Waals surface area contributed by atoms with E-state index in [2.05, 4.69) is 24.3 Å². The summed E-state index contributed by atoms with van der Waals surface area (Å²) in [7, 11) is 4.10. The van der Waals surface area contributed by atoms with Gasteiger partial charge in [0.15, 0.2) is 0 Å². The lowest BCUT2D eigenvalue weighted by atomic mass is 9.78. The maximum atomic E-state index is 13.5. The maximum absolute atomic E-state index is 13.5. The van der Waals surface area contributed by atoms with E-state index in [9.17, 15) is 9.18 Å². The molecule has 21 heavy (non-hydrogen) atoms. The van der Waals surface area contributed by atoms with Gasteiger partial charge in [-0.25, -0.2) is 4.39 Å². The van der Waals surface area contributed by atoms with Crippen molar-refractivity contribution in [2.24, 2.45) is 5.92 Å². The third kappa shape index (κ3) is 4.27. The van der Waals surface area contributed by atoms with E-state index in [1.165, 1.54) is 6.07 Å². The molecule has 0 radical (unpaired) electrons. The minimum atomic E-state index is -0.175. The SMILES string of the molecule is CC(=O)NC1CCC(C(c2cccc(F)c2)N(C)C)CC1. The molecule has 1 amide bonds. The number of halogens is 1. The van der Waals surface area contributed by atoms with E-state index in [1.807, 2.05) is 6.07 Å². The smallest absolute Gasteiger partial charge is 0.217 e. The third-order valence-electron chi connectivity index (χ3n) is 4.37. The summed E-state index contributed by atoms with van der Waals surface area (Å²) in [5.74, 6) is 0.380. The van der Waals surface area contributed by atoms with E-state index in [0.717, 1.165) is 31.2 Å². The molecule has 1 aliphatic rings. The van der Waals surface area contributed by atoms with Crippen molar-refractivity contribution >= 4 is 5.91 Å². The van der Waals surface area contributed by atoms with Crippen molar-refractivity contribution in [3.05, 3.63) is 35.6 Å². The van der Waals surface area contributed by atoms with Crippen LogP contribution in [-0.4, -0.2) is 30.9 Å². The number of nitrogens with zero attached hydrogens (tertiary/aromatic N) is 1. The molecule has 0 heterocycles. The molecule has 0 spiro atoms. The number of rotatable bonds is 4. The molecule has 0 aromatic heterocycles. The standard InChI is InChI=1S/C17H25FN2O/c1-12(21)19-16-9-7-13(8-10-16)17(20(2)3)14-5-4-6-15(18)11-14/h4-6,11,13,16-17H,7-10H2,1-3H3,(H,19,21). The summed E-state index contributed by atoms with van der Waals surface area (Å²) < 4.78 is 13.5. The fourth-order valence-corrected chi connectivity index (χ4v) is 3.55. The highest BCUT2D eigenvalue weighted by Gasteiger charge is 2.30. The van der Waals surface area contributed by atoms with Crippen molar-refractivity contribution in [3.8, 4) is 0 Å². The predicted molar refractivity (Wildman–Crippen MR) is 82.4 cm³/mol. The Bertz CT molecular complexity index is 481. The second kappa shape index (κ2) is 7.03. The van der Waals surface area contributed by atoms with E-state index in [-0.39, 0.29) is 17.8 Å². The lowest BCUT2D eigenvalue weighted by Crippen LogP contribution is -2.38. The number of hydrogen-bond donors (Lipinski definition) is 1. The number of amides is 1. The molecule has 1 aliphatic carbocycles. The van der Waals surface area contributed by atoms with Gasteiger partial charge in [0.1, 0.15) is 5.82 Å². The van der Waals surface area contributed by atoms with Gasteiger partial charge in [-0.15, -0.1) is 0 Å². The summed E-state index contributed by atoms with van der Waals surface area (Å²) in [5, 5.41) is 3.01. The highest BCUT2D eigenvalue weighted by Crippen LogP contribution is 2.37. The first-order valence-corrected chi connectivity index (χ1v) is 7.66. The van der Waals surface area contributed by atoms with Crippen molar-refractivity contribution in [2.45, 2.75) is 44.7 Å². The van der Waals surface area contributed by atoms with Crippen LogP contribution in [0.5, 0.6) is 0 Å². The Labute approximate surface area is 126 Å². The molecule has 1 N–H and O–H groups in total. The van der Waals surface area contributed by atoms with Crippen LogP contribution in [0.3, 0.4) is 0 Å². The van der Waals surface area contributed by atoms with E-state index in [0.29, 0.717) is 12.0 Å². The average molecular weight is 292 g/mol. The van der Waals surface area contributed by atoms with Gasteiger partial charge in [-0.3, -0.25) is 4.79 Å². The van der Waals surface area contributed by atoms with Gasteiger partial charge in [-0.2, -0.15) is 0 Å². The fourth-order valence-electron chi connectivity index (χ4n) is 3.55. The second-order valence-corrected chi connectivity index (χ2v) is 6.28. The highest BCUT2D eigenvalue weighted by atomic mass is 19.1. The number of nitrogens with one attached hydrogen (secondary N) is 1. The molecule has 2 rings (SSSR count). The van der Waals surface area contributed by atoms with Crippen LogP contribution in [0.25, 0.3) is 0 Å². The predicted octanol–water partition coefficient (Wildman–Crippen LogP) is 3.12. The lowest BCUT2D eigenvalue weighted by molar-refractivity contribution is -0.119. The molecule has 3 nitrogen and oxygen atoms in total. The molecule has 4 heteroatoms. The topological polar surface area (TPSA) is 32.3 Å². The van der Waals surface area contributed by atoms with Crippen molar-refractivity contribution in [1.82, 2.24) is 10.2 Å². The molecular weight excluding hydrogens is 267 g/mol. The van der Waals surface area contributed by atoms with E-state index >= 15 is 0 Å². The van der Waals surface area contributed by atoms with Crippen LogP contribution in [0, 0.1) is 11.7 Å². The molecular formula is C17H25FN2O. The molecule has 1 saturated carbocycles. The van der Waals surface area contributed by atoms with Gasteiger partial charge < -0.3 is 10.2 Å². The molecule has 0 bridgehead atoms. The van der Waals surface area contributed by atoms with E-state index in [4.69, 9.17) is 0 Å². The molecule has 1 atom stereocenters. The molecule has 1 unspecified atom stereocenters. The Kier molecular flexibility index (Phi) is 5.34. The highest BCUT2D eigenvalue weighted by molar-refractivity contribution is 5.73. The van der Waals surface area contributed by atoms with Gasteiger partial charge in [0.05, 0.1) is 0 Å². The molecule has 0 saturated heterocycles. The van der Waals surface area contributed by atoms with Crippen molar-refractivity contribution in [3.63, 3.8) is 0 Å². The van der Waals surface area contributed by atoms with Crippen molar-refractivity contribution in [1.29, 1.82) is 0 Å². The van der Waals surface area contributed by atoms with Gasteiger partial charge in [0, 0.05) is 19.0 Å². The van der Waals surface area contributed by atoms with Gasteiger partial charge in [0.25, 0.3) is 0 Å². The van der Waals surface area contributed by atoms with Gasteiger partial charge >= 0.3 is 0 Å². The van der Waals surface area contributed by atoms with Crippen LogP contribution in [0.4, 0.5) is 4.39 Å². The van der Waals surface area contributed by atoms with Crippen LogP contribution in [0.2, 0.25) is 0 Å². The zero-order valence-electron chi connectivity index (χ0n) is 13.1. The first-order chi connectivity index (χ1) is 9.97. The number of hydrogen-bond acceptors (Lipinski definition) is 2. The van der Waals surface area contributed by atoms with Crippen LogP contribution < -0.4 is 5.32 Å². The van der Waals surface area contributed by atoms with Crippen LogP contribution in [0.15, 0.2) is 24.3 Å². The summed E-state index contributed by atoms with van der Waals surface area (Å²) in [6.07, 6.45) is 4.13. The Hall–Kier alpha value is -1.42. The normalized spacial score (nSPS) is 23.9.